The summed E-state index contributed by atoms with van der Waals surface area (Å²) in [5.41, 5.74) is 17.4. The van der Waals surface area contributed by atoms with Gasteiger partial charge < -0.3 is 24.8 Å². The predicted molar refractivity (Wildman–Crippen MR) is 199 cm³/mol. The van der Waals surface area contributed by atoms with Crippen molar-refractivity contribution in [2.45, 2.75) is 103 Å². The second-order valence-electron chi connectivity index (χ2n) is 15.6. The standard InChI is InChI=1S/C35H37.C5H5.C5H10.2ClH.Zr/c1-22-13-9-11-15-26(22)30-18-24-17-25-19-31(27-16-12-10-14-23(27)2)33(35(6,7)8)21-29(25)28(24)20-32(30)34(3,4)5;1-2-4-5-3-1;1-3-5-4-2;;;/h9-21H,1-8H3;1-3H,4H2;3-4H2,1-2H3;2*1H;/q;;;;;+2/p-2. The molecule has 0 aromatic heterocycles. The van der Waals surface area contributed by atoms with Crippen molar-refractivity contribution in [1.29, 1.82) is 0 Å². The van der Waals surface area contributed by atoms with Crippen LogP contribution in [0.3, 0.4) is 0 Å². The quantitative estimate of drug-likeness (QED) is 0.204. The Morgan fingerprint density at radius 1 is 0.625 bits per heavy atom. The monoisotopic (exact) mass is 752 g/mol. The molecule has 6 rings (SSSR count). The number of hydrogen-bond donors (Lipinski definition) is 0. The zero-order valence-corrected chi connectivity index (χ0v) is 34.6. The Bertz CT molecular complexity index is 1800. The van der Waals surface area contributed by atoms with Gasteiger partial charge in [0.25, 0.3) is 0 Å². The van der Waals surface area contributed by atoms with Crippen LogP contribution >= 0.6 is 0 Å². The first-order valence-corrected chi connectivity index (χ1v) is 21.3. The second kappa shape index (κ2) is 14.9. The molecule has 0 nitrogen and oxygen atoms in total. The molecule has 0 heterocycles. The molecule has 4 aromatic carbocycles. The van der Waals surface area contributed by atoms with Crippen LogP contribution in [-0.2, 0) is 32.1 Å². The van der Waals surface area contributed by atoms with E-state index in [2.05, 4.69) is 160 Å². The van der Waals surface area contributed by atoms with E-state index in [0.29, 0.717) is 3.63 Å². The van der Waals surface area contributed by atoms with Gasteiger partial charge in [0.15, 0.2) is 0 Å². The van der Waals surface area contributed by atoms with E-state index in [4.69, 9.17) is 0 Å². The van der Waals surface area contributed by atoms with Gasteiger partial charge in [-0.05, 0) is 0 Å². The molecule has 0 amide bonds. The fourth-order valence-electron chi connectivity index (χ4n) is 7.99. The number of hydrogen-bond acceptors (Lipinski definition) is 0. The molecule has 250 valence electrons. The van der Waals surface area contributed by atoms with Gasteiger partial charge in [-0.3, -0.25) is 0 Å². The van der Waals surface area contributed by atoms with Crippen LogP contribution in [0.2, 0.25) is 0 Å². The molecule has 2 aliphatic rings. The maximum absolute atomic E-state index is 2.67. The molecule has 0 bridgehead atoms. The van der Waals surface area contributed by atoms with Gasteiger partial charge in [-0.1, -0.05) is 0 Å². The zero-order chi connectivity index (χ0) is 33.0. The van der Waals surface area contributed by atoms with E-state index in [1.54, 1.807) is 14.4 Å². The summed E-state index contributed by atoms with van der Waals surface area (Å²) in [7, 11) is 0. The zero-order valence-electron chi connectivity index (χ0n) is 30.6. The van der Waals surface area contributed by atoms with E-state index in [1.807, 2.05) is 3.21 Å². The van der Waals surface area contributed by atoms with Gasteiger partial charge in [-0.15, -0.1) is 0 Å². The maximum atomic E-state index is 2.67. The van der Waals surface area contributed by atoms with E-state index in [9.17, 15) is 0 Å². The Morgan fingerprint density at radius 3 is 1.42 bits per heavy atom. The Hall–Kier alpha value is -2.31. The largest absolute Gasteiger partial charge is 1.00 e. The van der Waals surface area contributed by atoms with Crippen molar-refractivity contribution < 1.29 is 46.1 Å². The van der Waals surface area contributed by atoms with Crippen LogP contribution in [0.1, 0.15) is 112 Å². The van der Waals surface area contributed by atoms with Crippen LogP contribution in [0.25, 0.3) is 33.4 Å². The predicted octanol–water partition coefficient (Wildman–Crippen LogP) is 6.76. The van der Waals surface area contributed by atoms with E-state index in [1.165, 1.54) is 68.5 Å². The molecule has 0 aliphatic heterocycles. The maximum Gasteiger partial charge on any atom is -1.00 e. The molecule has 0 unspecified atom stereocenters. The molecule has 2 aliphatic carbocycles. The van der Waals surface area contributed by atoms with E-state index >= 15 is 0 Å². The van der Waals surface area contributed by atoms with Crippen LogP contribution in [0.4, 0.5) is 0 Å². The third-order valence-corrected chi connectivity index (χ3v) is 19.6. The van der Waals surface area contributed by atoms with Crippen molar-refractivity contribution in [3.05, 3.63) is 128 Å². The SMILES string of the molecule is CC[C](CC)=[Zr+2]([C]1=CC=CC1)[CH]1c2cc(-c3ccccc3C)c(C(C)(C)C)cc2-c2cc(C(C)(C)C)c(-c3ccccc3C)cc21.[Cl-].[Cl-]. The first-order valence-electron chi connectivity index (χ1n) is 17.4. The molecule has 3 heteroatoms. The number of benzene rings is 4. The molecular weight excluding hydrogens is 703 g/mol. The second-order valence-corrected chi connectivity index (χ2v) is 22.4. The average molecular weight is 755 g/mol. The third kappa shape index (κ3) is 7.00. The van der Waals surface area contributed by atoms with Gasteiger partial charge in [-0.25, -0.2) is 0 Å². The first kappa shape index (κ1) is 38.5. The molecule has 4 aromatic rings. The fraction of sp³-hybridized carbons (Fsp3) is 0.356. The molecular formula is C45H52Cl2Zr. The summed E-state index contributed by atoms with van der Waals surface area (Å²) < 4.78 is 4.09. The third-order valence-electron chi connectivity index (χ3n) is 10.4. The van der Waals surface area contributed by atoms with Crippen molar-refractivity contribution in [2.24, 2.45) is 0 Å². The molecule has 0 saturated heterocycles. The summed E-state index contributed by atoms with van der Waals surface area (Å²) in [5.74, 6) is 0. The summed E-state index contributed by atoms with van der Waals surface area (Å²) in [5, 5.41) is 0. The van der Waals surface area contributed by atoms with Gasteiger partial charge in [0.2, 0.25) is 0 Å². The molecule has 0 saturated carbocycles. The van der Waals surface area contributed by atoms with Crippen LogP contribution in [0, 0.1) is 13.8 Å². The van der Waals surface area contributed by atoms with Gasteiger partial charge in [0, 0.05) is 0 Å². The van der Waals surface area contributed by atoms with Crippen molar-refractivity contribution in [3.8, 4) is 33.4 Å². The molecule has 0 N–H and O–H groups in total. The van der Waals surface area contributed by atoms with Crippen molar-refractivity contribution in [2.75, 3.05) is 0 Å². The average Bonchev–Trinajstić information content (AvgIpc) is 3.65. The first-order chi connectivity index (χ1) is 21.8. The molecule has 0 spiro atoms. The summed E-state index contributed by atoms with van der Waals surface area (Å²) in [6, 6.07) is 28.6. The summed E-state index contributed by atoms with van der Waals surface area (Å²) >= 11 is -2.40. The molecule has 0 atom stereocenters. The number of allylic oxidation sites excluding steroid dienone is 4. The minimum absolute atomic E-state index is 0. The number of rotatable bonds is 6. The van der Waals surface area contributed by atoms with Gasteiger partial charge in [0.1, 0.15) is 0 Å². The minimum atomic E-state index is -2.40. The van der Waals surface area contributed by atoms with E-state index in [-0.39, 0.29) is 35.6 Å². The Morgan fingerprint density at radius 2 is 1.06 bits per heavy atom. The molecule has 0 fully saturated rings. The van der Waals surface area contributed by atoms with Crippen molar-refractivity contribution in [3.63, 3.8) is 0 Å². The number of fused-ring (bicyclic) bond motifs is 3. The normalized spacial score (nSPS) is 13.6. The molecule has 48 heavy (non-hydrogen) atoms. The minimum Gasteiger partial charge on any atom is -1.00 e. The van der Waals surface area contributed by atoms with Gasteiger partial charge >= 0.3 is 288 Å². The fourth-order valence-corrected chi connectivity index (χ4v) is 17.1. The topological polar surface area (TPSA) is 0 Å². The Balaban J connectivity index is 0.00000260. The van der Waals surface area contributed by atoms with Gasteiger partial charge in [0.05, 0.1) is 0 Å². The van der Waals surface area contributed by atoms with Crippen LogP contribution in [-0.4, -0.2) is 3.21 Å². The Labute approximate surface area is 311 Å². The smallest absolute Gasteiger partial charge is 1.00 e. The molecule has 0 radical (unpaired) electrons. The van der Waals surface area contributed by atoms with Crippen molar-refractivity contribution in [1.82, 2.24) is 0 Å². The van der Waals surface area contributed by atoms with Gasteiger partial charge in [-0.2, -0.15) is 0 Å². The number of aryl methyl sites for hydroxylation is 2. The van der Waals surface area contributed by atoms with E-state index < -0.39 is 21.3 Å². The summed E-state index contributed by atoms with van der Waals surface area (Å²) in [4.78, 5) is 0. The Kier molecular flexibility index (Phi) is 11.9. The summed E-state index contributed by atoms with van der Waals surface area (Å²) in [6.45, 7) is 23.7. The van der Waals surface area contributed by atoms with Crippen molar-refractivity contribution >= 4 is 3.21 Å². The number of halogens is 2. The van der Waals surface area contributed by atoms with Crippen LogP contribution in [0.5, 0.6) is 0 Å². The van der Waals surface area contributed by atoms with E-state index in [0.717, 1.165) is 6.42 Å². The van der Waals surface area contributed by atoms with Crippen LogP contribution in [0.15, 0.2) is 94.3 Å². The summed E-state index contributed by atoms with van der Waals surface area (Å²) in [6.07, 6.45) is 10.8. The van der Waals surface area contributed by atoms with Crippen LogP contribution < -0.4 is 24.8 Å².